The van der Waals surface area contributed by atoms with Gasteiger partial charge in [0, 0.05) is 26.2 Å². The standard InChI is InChI=1S/C19H21Cl2FN4O2/c1-19(2,3)26-18(28)16(21)15(11-23-26)24-6-8-25(9-7-24)17(27)13-5-4-12(22)10-14(13)20/h4-5,10-11H,6-9H2,1-3H3. The third-order valence-corrected chi connectivity index (χ3v) is 5.27. The van der Waals surface area contributed by atoms with E-state index in [9.17, 15) is 14.0 Å². The highest BCUT2D eigenvalue weighted by Crippen LogP contribution is 2.25. The van der Waals surface area contributed by atoms with Crippen LogP contribution in [0.25, 0.3) is 0 Å². The molecule has 0 bridgehead atoms. The van der Waals surface area contributed by atoms with Gasteiger partial charge in [-0.3, -0.25) is 9.59 Å². The molecule has 0 unspecified atom stereocenters. The zero-order chi connectivity index (χ0) is 20.6. The van der Waals surface area contributed by atoms with Crippen LogP contribution in [0.4, 0.5) is 10.1 Å². The summed E-state index contributed by atoms with van der Waals surface area (Å²) in [6.07, 6.45) is 1.59. The predicted molar refractivity (Wildman–Crippen MR) is 108 cm³/mol. The molecule has 9 heteroatoms. The van der Waals surface area contributed by atoms with Gasteiger partial charge in [-0.1, -0.05) is 23.2 Å². The van der Waals surface area contributed by atoms with Gasteiger partial charge in [-0.15, -0.1) is 0 Å². The molecule has 1 saturated heterocycles. The lowest BCUT2D eigenvalue weighted by molar-refractivity contribution is 0.0747. The quantitative estimate of drug-likeness (QED) is 0.737. The number of nitrogens with zero attached hydrogens (tertiary/aromatic N) is 4. The minimum Gasteiger partial charge on any atom is -0.365 e. The number of halogens is 3. The van der Waals surface area contributed by atoms with Crippen LogP contribution in [-0.4, -0.2) is 46.8 Å². The smallest absolute Gasteiger partial charge is 0.288 e. The van der Waals surface area contributed by atoms with Crippen molar-refractivity contribution < 1.29 is 9.18 Å². The highest BCUT2D eigenvalue weighted by Gasteiger charge is 2.27. The number of anilines is 1. The Morgan fingerprint density at radius 1 is 1.14 bits per heavy atom. The van der Waals surface area contributed by atoms with Gasteiger partial charge in [-0.2, -0.15) is 5.10 Å². The van der Waals surface area contributed by atoms with Gasteiger partial charge in [-0.05, 0) is 39.0 Å². The third kappa shape index (κ3) is 4.00. The molecular formula is C19H21Cl2FN4O2. The molecule has 3 rings (SSSR count). The molecule has 0 N–H and O–H groups in total. The van der Waals surface area contributed by atoms with Gasteiger partial charge in [0.15, 0.2) is 0 Å². The number of benzene rings is 1. The molecule has 0 aliphatic carbocycles. The van der Waals surface area contributed by atoms with E-state index in [-0.39, 0.29) is 27.1 Å². The summed E-state index contributed by atoms with van der Waals surface area (Å²) in [6.45, 7) is 7.46. The van der Waals surface area contributed by atoms with Crippen LogP contribution in [0, 0.1) is 5.82 Å². The highest BCUT2D eigenvalue weighted by atomic mass is 35.5. The lowest BCUT2D eigenvalue weighted by Crippen LogP contribution is -2.49. The molecule has 0 atom stereocenters. The zero-order valence-electron chi connectivity index (χ0n) is 15.9. The lowest BCUT2D eigenvalue weighted by Gasteiger charge is -2.36. The average Bonchev–Trinajstić information content (AvgIpc) is 2.62. The van der Waals surface area contributed by atoms with Crippen molar-refractivity contribution in [2.24, 2.45) is 0 Å². The van der Waals surface area contributed by atoms with E-state index in [0.29, 0.717) is 31.9 Å². The van der Waals surface area contributed by atoms with Crippen LogP contribution in [0.2, 0.25) is 10.0 Å². The van der Waals surface area contributed by atoms with Crippen LogP contribution in [-0.2, 0) is 5.54 Å². The number of rotatable bonds is 2. The molecule has 1 fully saturated rings. The van der Waals surface area contributed by atoms with Crippen LogP contribution in [0.3, 0.4) is 0 Å². The molecule has 28 heavy (non-hydrogen) atoms. The van der Waals surface area contributed by atoms with Crippen LogP contribution >= 0.6 is 23.2 Å². The molecule has 1 amide bonds. The molecule has 0 spiro atoms. The van der Waals surface area contributed by atoms with E-state index < -0.39 is 11.4 Å². The minimum absolute atomic E-state index is 0.0884. The van der Waals surface area contributed by atoms with E-state index in [0.717, 1.165) is 6.07 Å². The number of carbonyl (C=O) groups is 1. The second-order valence-corrected chi connectivity index (χ2v) is 8.42. The summed E-state index contributed by atoms with van der Waals surface area (Å²) in [4.78, 5) is 28.8. The predicted octanol–water partition coefficient (Wildman–Crippen LogP) is 3.41. The molecule has 1 aliphatic heterocycles. The van der Waals surface area contributed by atoms with E-state index in [2.05, 4.69) is 5.10 Å². The first kappa shape index (κ1) is 20.6. The van der Waals surface area contributed by atoms with Gasteiger partial charge in [0.05, 0.1) is 28.0 Å². The molecule has 1 aromatic heterocycles. The Bertz CT molecular complexity index is 963. The SMILES string of the molecule is CC(C)(C)n1ncc(N2CCN(C(=O)c3ccc(F)cc3Cl)CC2)c(Cl)c1=O. The Morgan fingerprint density at radius 3 is 2.36 bits per heavy atom. The fourth-order valence-electron chi connectivity index (χ4n) is 3.11. The Hall–Kier alpha value is -2.12. The van der Waals surface area contributed by atoms with E-state index in [1.807, 2.05) is 25.7 Å². The van der Waals surface area contributed by atoms with Gasteiger partial charge in [0.1, 0.15) is 10.8 Å². The van der Waals surface area contributed by atoms with Crippen molar-refractivity contribution in [2.45, 2.75) is 26.3 Å². The maximum Gasteiger partial charge on any atom is 0.288 e. The van der Waals surface area contributed by atoms with Crippen molar-refractivity contribution in [1.29, 1.82) is 0 Å². The fourth-order valence-corrected chi connectivity index (χ4v) is 3.60. The summed E-state index contributed by atoms with van der Waals surface area (Å²) in [5, 5.41) is 4.46. The molecule has 150 valence electrons. The largest absolute Gasteiger partial charge is 0.365 e. The van der Waals surface area contributed by atoms with E-state index in [1.54, 1.807) is 11.1 Å². The summed E-state index contributed by atoms with van der Waals surface area (Å²) in [6, 6.07) is 3.73. The second kappa shape index (κ2) is 7.72. The fraction of sp³-hybridized carbons (Fsp3) is 0.421. The first-order chi connectivity index (χ1) is 13.1. The number of hydrogen-bond acceptors (Lipinski definition) is 4. The van der Waals surface area contributed by atoms with Crippen molar-refractivity contribution in [1.82, 2.24) is 14.7 Å². The molecule has 1 aliphatic rings. The van der Waals surface area contributed by atoms with E-state index in [4.69, 9.17) is 23.2 Å². The van der Waals surface area contributed by atoms with Crippen molar-refractivity contribution >= 4 is 34.8 Å². The summed E-state index contributed by atoms with van der Waals surface area (Å²) < 4.78 is 14.6. The third-order valence-electron chi connectivity index (χ3n) is 4.61. The summed E-state index contributed by atoms with van der Waals surface area (Å²) in [5.41, 5.74) is 0.00467. The molecule has 0 saturated carbocycles. The maximum atomic E-state index is 13.2. The van der Waals surface area contributed by atoms with Gasteiger partial charge in [0.2, 0.25) is 0 Å². The van der Waals surface area contributed by atoms with Crippen LogP contribution in [0.5, 0.6) is 0 Å². The number of hydrogen-bond donors (Lipinski definition) is 0. The Balaban J connectivity index is 1.75. The van der Waals surface area contributed by atoms with Gasteiger partial charge in [-0.25, -0.2) is 9.07 Å². The van der Waals surface area contributed by atoms with Crippen molar-refractivity contribution in [3.05, 3.63) is 56.2 Å². The van der Waals surface area contributed by atoms with Gasteiger partial charge in [0.25, 0.3) is 11.5 Å². The first-order valence-corrected chi connectivity index (χ1v) is 9.63. The number of aromatic nitrogens is 2. The molecule has 6 nitrogen and oxygen atoms in total. The number of piperazine rings is 1. The van der Waals surface area contributed by atoms with Crippen LogP contribution in [0.15, 0.2) is 29.2 Å². The molecule has 1 aromatic carbocycles. The second-order valence-electron chi connectivity index (χ2n) is 7.63. The molecule has 0 radical (unpaired) electrons. The van der Waals surface area contributed by atoms with Crippen LogP contribution < -0.4 is 10.5 Å². The van der Waals surface area contributed by atoms with E-state index in [1.165, 1.54) is 16.8 Å². The van der Waals surface area contributed by atoms with Crippen molar-refractivity contribution in [3.63, 3.8) is 0 Å². The normalized spacial score (nSPS) is 15.1. The first-order valence-electron chi connectivity index (χ1n) is 8.87. The van der Waals surface area contributed by atoms with Crippen molar-refractivity contribution in [2.75, 3.05) is 31.1 Å². The topological polar surface area (TPSA) is 58.4 Å². The van der Waals surface area contributed by atoms with E-state index >= 15 is 0 Å². The molecule has 2 heterocycles. The lowest BCUT2D eigenvalue weighted by atomic mass is 10.1. The Morgan fingerprint density at radius 2 is 1.79 bits per heavy atom. The molecule has 2 aromatic rings. The summed E-state index contributed by atoms with van der Waals surface area (Å²) in [5.74, 6) is -0.740. The average molecular weight is 427 g/mol. The zero-order valence-corrected chi connectivity index (χ0v) is 17.4. The van der Waals surface area contributed by atoms with Crippen molar-refractivity contribution in [3.8, 4) is 0 Å². The maximum absolute atomic E-state index is 13.2. The number of amides is 1. The monoisotopic (exact) mass is 426 g/mol. The Kier molecular flexibility index (Phi) is 5.68. The minimum atomic E-state index is -0.487. The summed E-state index contributed by atoms with van der Waals surface area (Å²) in [7, 11) is 0. The van der Waals surface area contributed by atoms with Crippen LogP contribution in [0.1, 0.15) is 31.1 Å². The van der Waals surface area contributed by atoms with Gasteiger partial charge >= 0.3 is 0 Å². The Labute approximate surface area is 172 Å². The number of carbonyl (C=O) groups excluding carboxylic acids is 1. The highest BCUT2D eigenvalue weighted by molar-refractivity contribution is 6.34. The summed E-state index contributed by atoms with van der Waals surface area (Å²) >= 11 is 12.3. The molecular weight excluding hydrogens is 406 g/mol. The van der Waals surface area contributed by atoms with Gasteiger partial charge < -0.3 is 9.80 Å².